The number of hydrogen-bond acceptors (Lipinski definition) is 6. The summed E-state index contributed by atoms with van der Waals surface area (Å²) in [6.45, 7) is 11.3. The van der Waals surface area contributed by atoms with Crippen LogP contribution in [0, 0.1) is 11.3 Å². The Kier molecular flexibility index (Phi) is 5.82. The van der Waals surface area contributed by atoms with Crippen molar-refractivity contribution in [1.82, 2.24) is 10.2 Å². The molecule has 0 N–H and O–H groups in total. The van der Waals surface area contributed by atoms with Gasteiger partial charge in [-0.2, -0.15) is 10.4 Å². The van der Waals surface area contributed by atoms with Crippen molar-refractivity contribution in [2.24, 2.45) is 0 Å². The Balaban J connectivity index is 3.22. The van der Waals surface area contributed by atoms with E-state index < -0.39 is 17.5 Å². The summed E-state index contributed by atoms with van der Waals surface area (Å²) >= 11 is 7.37. The first kappa shape index (κ1) is 18.7. The first-order valence-electron chi connectivity index (χ1n) is 6.77. The Morgan fingerprint density at radius 2 is 1.91 bits per heavy atom. The highest BCUT2D eigenvalue weighted by atomic mass is 35.5. The van der Waals surface area contributed by atoms with E-state index in [9.17, 15) is 10.1 Å². The van der Waals surface area contributed by atoms with E-state index in [0.717, 1.165) is 0 Å². The number of thioether (sulfide) groups is 1. The second-order valence-corrected chi connectivity index (χ2v) is 8.98. The van der Waals surface area contributed by atoms with Crippen LogP contribution in [-0.4, -0.2) is 26.5 Å². The van der Waals surface area contributed by atoms with Gasteiger partial charge in [0.2, 0.25) is 0 Å². The van der Waals surface area contributed by atoms with Crippen molar-refractivity contribution in [2.45, 2.75) is 62.7 Å². The molecule has 1 unspecified atom stereocenters. The number of nitriles is 1. The molecule has 0 fully saturated rings. The summed E-state index contributed by atoms with van der Waals surface area (Å²) in [6.07, 6.45) is 0. The Labute approximate surface area is 140 Å². The normalized spacial score (nSPS) is 13.4. The maximum Gasteiger partial charge on any atom is 0.330 e. The Morgan fingerprint density at radius 1 is 1.32 bits per heavy atom. The number of halogens is 1. The average molecular weight is 342 g/mol. The molecule has 1 aromatic heterocycles. The van der Waals surface area contributed by atoms with Crippen LogP contribution < -0.4 is 0 Å². The number of carbonyl (C=O) groups excluding carboxylic acids is 1. The summed E-state index contributed by atoms with van der Waals surface area (Å²) < 4.78 is 5.16. The molecular weight excluding hydrogens is 322 g/mol. The van der Waals surface area contributed by atoms with Crippen LogP contribution in [0.2, 0.25) is 5.15 Å². The van der Waals surface area contributed by atoms with Crippen LogP contribution in [0.5, 0.6) is 0 Å². The fraction of sp³-hybridized carbons (Fsp3) is 0.600. The molecular formula is C15H20ClN3O2S. The van der Waals surface area contributed by atoms with Crippen molar-refractivity contribution >= 4 is 29.3 Å². The Hall–Kier alpha value is -1.32. The van der Waals surface area contributed by atoms with E-state index in [1.165, 1.54) is 11.8 Å². The lowest BCUT2D eigenvalue weighted by Crippen LogP contribution is -2.28. The van der Waals surface area contributed by atoms with Gasteiger partial charge >= 0.3 is 5.97 Å². The number of aromatic nitrogens is 2. The number of ether oxygens (including phenoxy) is 1. The number of hydrogen-bond donors (Lipinski definition) is 0. The van der Waals surface area contributed by atoms with Crippen molar-refractivity contribution < 1.29 is 9.53 Å². The molecule has 1 heterocycles. The van der Waals surface area contributed by atoms with Crippen molar-refractivity contribution in [3.63, 3.8) is 0 Å². The van der Waals surface area contributed by atoms with Crippen molar-refractivity contribution in [3.8, 4) is 6.07 Å². The standard InChI is InChI=1S/C15H20ClN3O2S/c1-14(2,3)21-13(20)9(8-17)12-10(22-15(4,5)6)7-11(16)18-19-12/h7,9H,1-6H3. The highest BCUT2D eigenvalue weighted by Crippen LogP contribution is 2.37. The van der Waals surface area contributed by atoms with Gasteiger partial charge in [0.25, 0.3) is 0 Å². The highest BCUT2D eigenvalue weighted by molar-refractivity contribution is 8.00. The van der Waals surface area contributed by atoms with Gasteiger partial charge in [0.15, 0.2) is 11.1 Å². The van der Waals surface area contributed by atoms with E-state index in [-0.39, 0.29) is 15.6 Å². The first-order chi connectivity index (χ1) is 9.93. The molecule has 0 aliphatic rings. The van der Waals surface area contributed by atoms with Gasteiger partial charge in [-0.1, -0.05) is 32.4 Å². The van der Waals surface area contributed by atoms with Crippen LogP contribution in [0.1, 0.15) is 53.2 Å². The zero-order valence-corrected chi connectivity index (χ0v) is 15.2. The minimum Gasteiger partial charge on any atom is -0.459 e. The molecule has 0 aliphatic heterocycles. The van der Waals surface area contributed by atoms with Crippen LogP contribution in [-0.2, 0) is 9.53 Å². The molecule has 7 heteroatoms. The molecule has 1 rings (SSSR count). The molecule has 0 saturated heterocycles. The Morgan fingerprint density at radius 3 is 2.36 bits per heavy atom. The predicted octanol–water partition coefficient (Wildman–Crippen LogP) is 3.97. The average Bonchev–Trinajstić information content (AvgIpc) is 2.28. The molecule has 120 valence electrons. The number of nitrogens with zero attached hydrogens (tertiary/aromatic N) is 3. The lowest BCUT2D eigenvalue weighted by atomic mass is 10.1. The van der Waals surface area contributed by atoms with Crippen LogP contribution in [0.25, 0.3) is 0 Å². The van der Waals surface area contributed by atoms with E-state index in [4.69, 9.17) is 16.3 Å². The topological polar surface area (TPSA) is 75.9 Å². The molecule has 5 nitrogen and oxygen atoms in total. The largest absolute Gasteiger partial charge is 0.459 e. The van der Waals surface area contributed by atoms with E-state index in [1.807, 2.05) is 26.8 Å². The third-order valence-corrected chi connectivity index (χ3v) is 3.56. The maximum absolute atomic E-state index is 12.2. The summed E-state index contributed by atoms with van der Waals surface area (Å²) in [5, 5.41) is 17.3. The van der Waals surface area contributed by atoms with Gasteiger partial charge in [0.1, 0.15) is 11.3 Å². The van der Waals surface area contributed by atoms with Gasteiger partial charge < -0.3 is 4.74 Å². The zero-order chi connectivity index (χ0) is 17.1. The fourth-order valence-corrected chi connectivity index (χ4v) is 2.86. The van der Waals surface area contributed by atoms with Gasteiger partial charge in [-0.05, 0) is 26.8 Å². The molecule has 0 saturated carbocycles. The number of esters is 1. The minimum atomic E-state index is -1.13. The fourth-order valence-electron chi connectivity index (χ4n) is 1.56. The molecule has 0 aliphatic carbocycles. The summed E-state index contributed by atoms with van der Waals surface area (Å²) in [5.41, 5.74) is -0.398. The SMILES string of the molecule is CC(C)(C)OC(=O)C(C#N)c1nnc(Cl)cc1SC(C)(C)C. The molecule has 0 radical (unpaired) electrons. The smallest absolute Gasteiger partial charge is 0.330 e. The second-order valence-electron chi connectivity index (χ2n) is 6.73. The van der Waals surface area contributed by atoms with Gasteiger partial charge in [-0.25, -0.2) is 0 Å². The van der Waals surface area contributed by atoms with E-state index in [0.29, 0.717) is 4.90 Å². The van der Waals surface area contributed by atoms with Crippen LogP contribution in [0.3, 0.4) is 0 Å². The quantitative estimate of drug-likeness (QED) is 0.611. The third kappa shape index (κ3) is 5.82. The second kappa shape index (κ2) is 6.84. The lowest BCUT2D eigenvalue weighted by Gasteiger charge is -2.23. The molecule has 0 aromatic carbocycles. The molecule has 0 amide bonds. The lowest BCUT2D eigenvalue weighted by molar-refractivity contribution is -0.155. The van der Waals surface area contributed by atoms with Crippen molar-refractivity contribution in [1.29, 1.82) is 5.26 Å². The summed E-state index contributed by atoms with van der Waals surface area (Å²) in [5.74, 6) is -1.77. The van der Waals surface area contributed by atoms with Gasteiger partial charge in [0, 0.05) is 9.64 Å². The van der Waals surface area contributed by atoms with Gasteiger partial charge in [-0.3, -0.25) is 4.79 Å². The van der Waals surface area contributed by atoms with Crippen LogP contribution in [0.15, 0.2) is 11.0 Å². The van der Waals surface area contributed by atoms with Crippen molar-refractivity contribution in [2.75, 3.05) is 0 Å². The number of carbonyl (C=O) groups is 1. The molecule has 22 heavy (non-hydrogen) atoms. The summed E-state index contributed by atoms with van der Waals surface area (Å²) in [7, 11) is 0. The molecule has 0 spiro atoms. The number of rotatable bonds is 3. The van der Waals surface area contributed by atoms with E-state index >= 15 is 0 Å². The third-order valence-electron chi connectivity index (χ3n) is 2.22. The highest BCUT2D eigenvalue weighted by Gasteiger charge is 2.31. The van der Waals surface area contributed by atoms with E-state index in [1.54, 1.807) is 26.8 Å². The van der Waals surface area contributed by atoms with Crippen LogP contribution in [0.4, 0.5) is 0 Å². The molecule has 1 aromatic rings. The first-order valence-corrected chi connectivity index (χ1v) is 7.97. The van der Waals surface area contributed by atoms with E-state index in [2.05, 4.69) is 10.2 Å². The zero-order valence-electron chi connectivity index (χ0n) is 13.6. The van der Waals surface area contributed by atoms with Gasteiger partial charge in [-0.15, -0.1) is 16.9 Å². The maximum atomic E-state index is 12.2. The molecule has 0 bridgehead atoms. The Bertz CT molecular complexity index is 600. The summed E-state index contributed by atoms with van der Waals surface area (Å²) in [6, 6.07) is 3.57. The molecule has 1 atom stereocenters. The monoisotopic (exact) mass is 341 g/mol. The minimum absolute atomic E-state index is 0.130. The van der Waals surface area contributed by atoms with Crippen LogP contribution >= 0.6 is 23.4 Å². The predicted molar refractivity (Wildman–Crippen MR) is 86.9 cm³/mol. The van der Waals surface area contributed by atoms with Gasteiger partial charge in [0.05, 0.1) is 6.07 Å². The summed E-state index contributed by atoms with van der Waals surface area (Å²) in [4.78, 5) is 12.9. The van der Waals surface area contributed by atoms with Crippen molar-refractivity contribution in [3.05, 3.63) is 16.9 Å².